The van der Waals surface area contributed by atoms with E-state index in [-0.39, 0.29) is 12.0 Å². The molecule has 0 aromatic heterocycles. The fourth-order valence-electron chi connectivity index (χ4n) is 5.80. The number of nitrogens with zero attached hydrogens (tertiary/aromatic N) is 1. The van der Waals surface area contributed by atoms with Gasteiger partial charge in [0, 0.05) is 16.9 Å². The minimum absolute atomic E-state index is 0.202. The van der Waals surface area contributed by atoms with Crippen molar-refractivity contribution in [1.82, 2.24) is 0 Å². The average Bonchev–Trinajstić information content (AvgIpc) is 3.16. The SMILES string of the molecule is C=C/C(OCC(=O)O)=C(C)\C=C(/C)SN1CC2(CCCCC2)c2cc(-c3ccc(C)cc3)cc(CC)c21. The summed E-state index contributed by atoms with van der Waals surface area (Å²) in [5.41, 5.74) is 9.29. The van der Waals surface area contributed by atoms with Crippen molar-refractivity contribution in [3.8, 4) is 11.1 Å². The van der Waals surface area contributed by atoms with Gasteiger partial charge in [-0.25, -0.2) is 4.79 Å². The average molecular weight is 518 g/mol. The Labute approximate surface area is 226 Å². The van der Waals surface area contributed by atoms with Crippen molar-refractivity contribution in [2.75, 3.05) is 17.5 Å². The first kappa shape index (κ1) is 27.1. The Bertz CT molecular complexity index is 1220. The van der Waals surface area contributed by atoms with E-state index in [0.717, 1.165) is 23.4 Å². The predicted octanol–water partition coefficient (Wildman–Crippen LogP) is 8.36. The number of carboxylic acids is 1. The molecule has 0 unspecified atom stereocenters. The molecule has 37 heavy (non-hydrogen) atoms. The number of carbonyl (C=O) groups is 1. The van der Waals surface area contributed by atoms with E-state index in [1.807, 2.05) is 6.92 Å². The Morgan fingerprint density at radius 3 is 2.46 bits per heavy atom. The van der Waals surface area contributed by atoms with Crippen LogP contribution in [0.5, 0.6) is 0 Å². The molecule has 2 aromatic rings. The van der Waals surface area contributed by atoms with Crippen LogP contribution in [0.2, 0.25) is 0 Å². The van der Waals surface area contributed by atoms with Crippen LogP contribution in [0.25, 0.3) is 11.1 Å². The van der Waals surface area contributed by atoms with E-state index in [0.29, 0.717) is 5.76 Å². The summed E-state index contributed by atoms with van der Waals surface area (Å²) >= 11 is 1.79. The molecule has 0 radical (unpaired) electrons. The van der Waals surface area contributed by atoms with Crippen LogP contribution in [-0.4, -0.2) is 24.2 Å². The third-order valence-corrected chi connectivity index (χ3v) is 8.57. The van der Waals surface area contributed by atoms with Crippen molar-refractivity contribution in [1.29, 1.82) is 0 Å². The maximum absolute atomic E-state index is 10.9. The molecule has 1 heterocycles. The molecule has 2 aromatic carbocycles. The predicted molar refractivity (Wildman–Crippen MR) is 156 cm³/mol. The van der Waals surface area contributed by atoms with Gasteiger partial charge in [-0.2, -0.15) is 0 Å². The highest BCUT2D eigenvalue weighted by Crippen LogP contribution is 2.54. The second-order valence-corrected chi connectivity index (χ2v) is 11.7. The number of aliphatic carboxylic acids is 1. The lowest BCUT2D eigenvalue weighted by Gasteiger charge is -2.34. The Morgan fingerprint density at radius 1 is 1.14 bits per heavy atom. The molecule has 1 saturated carbocycles. The van der Waals surface area contributed by atoms with Crippen LogP contribution in [0.3, 0.4) is 0 Å². The molecule has 4 nitrogen and oxygen atoms in total. The summed E-state index contributed by atoms with van der Waals surface area (Å²) in [7, 11) is 0. The summed E-state index contributed by atoms with van der Waals surface area (Å²) in [6.45, 7) is 12.9. The van der Waals surface area contributed by atoms with Gasteiger partial charge in [0.05, 0.1) is 5.69 Å². The number of fused-ring (bicyclic) bond motifs is 2. The van der Waals surface area contributed by atoms with Crippen molar-refractivity contribution < 1.29 is 14.6 Å². The van der Waals surface area contributed by atoms with Crippen molar-refractivity contribution >= 4 is 23.6 Å². The maximum Gasteiger partial charge on any atom is 0.341 e. The van der Waals surface area contributed by atoms with Crippen molar-refractivity contribution in [2.45, 2.75) is 71.6 Å². The largest absolute Gasteiger partial charge is 0.482 e. The zero-order chi connectivity index (χ0) is 26.6. The third kappa shape index (κ3) is 5.98. The van der Waals surface area contributed by atoms with Gasteiger partial charge in [-0.05, 0) is 104 Å². The highest BCUT2D eigenvalue weighted by atomic mass is 32.2. The molecular formula is C32H39NO3S. The van der Waals surface area contributed by atoms with Gasteiger partial charge >= 0.3 is 5.97 Å². The van der Waals surface area contributed by atoms with E-state index >= 15 is 0 Å². The Morgan fingerprint density at radius 2 is 1.84 bits per heavy atom. The molecular weight excluding hydrogens is 478 g/mol. The number of hydrogen-bond donors (Lipinski definition) is 1. The normalized spacial score (nSPS) is 17.4. The molecule has 0 bridgehead atoms. The molecule has 1 N–H and O–H groups in total. The first-order chi connectivity index (χ1) is 17.8. The monoisotopic (exact) mass is 517 g/mol. The smallest absolute Gasteiger partial charge is 0.341 e. The molecule has 1 aliphatic carbocycles. The molecule has 1 spiro atoms. The van der Waals surface area contributed by atoms with Crippen LogP contribution < -0.4 is 4.31 Å². The lowest BCUT2D eigenvalue weighted by atomic mass is 9.70. The Kier molecular flexibility index (Phi) is 8.53. The Hall–Kier alpha value is -2.92. The van der Waals surface area contributed by atoms with E-state index in [1.165, 1.54) is 65.6 Å². The van der Waals surface area contributed by atoms with Gasteiger partial charge in [0.2, 0.25) is 0 Å². The van der Waals surface area contributed by atoms with Gasteiger partial charge in [-0.3, -0.25) is 0 Å². The van der Waals surface area contributed by atoms with Crippen LogP contribution in [0.1, 0.15) is 69.6 Å². The topological polar surface area (TPSA) is 49.8 Å². The van der Waals surface area contributed by atoms with Crippen molar-refractivity contribution in [3.05, 3.63) is 88.1 Å². The van der Waals surface area contributed by atoms with Gasteiger partial charge < -0.3 is 14.1 Å². The first-order valence-electron chi connectivity index (χ1n) is 13.3. The molecule has 0 atom stereocenters. The minimum atomic E-state index is -0.995. The number of aryl methyl sites for hydroxylation is 2. The number of carboxylic acid groups (broad SMARTS) is 1. The molecule has 4 rings (SSSR count). The zero-order valence-electron chi connectivity index (χ0n) is 22.6. The van der Waals surface area contributed by atoms with E-state index in [2.05, 4.69) is 74.1 Å². The van der Waals surface area contributed by atoms with Crippen LogP contribution in [0, 0.1) is 6.92 Å². The summed E-state index contributed by atoms with van der Waals surface area (Å²) in [6.07, 6.45) is 11.0. The summed E-state index contributed by atoms with van der Waals surface area (Å²) in [5.74, 6) is -0.490. The number of benzene rings is 2. The maximum atomic E-state index is 10.9. The number of anilines is 1. The van der Waals surface area contributed by atoms with E-state index in [9.17, 15) is 4.79 Å². The van der Waals surface area contributed by atoms with Crippen molar-refractivity contribution in [3.63, 3.8) is 0 Å². The second kappa shape index (κ2) is 11.6. The van der Waals surface area contributed by atoms with Crippen LogP contribution >= 0.6 is 11.9 Å². The van der Waals surface area contributed by atoms with Crippen LogP contribution in [0.15, 0.2) is 71.4 Å². The minimum Gasteiger partial charge on any atom is -0.482 e. The molecule has 1 fully saturated rings. The zero-order valence-corrected chi connectivity index (χ0v) is 23.4. The molecule has 5 heteroatoms. The summed E-state index contributed by atoms with van der Waals surface area (Å²) in [4.78, 5) is 12.1. The molecule has 0 saturated heterocycles. The first-order valence-corrected chi connectivity index (χ1v) is 14.1. The lowest BCUT2D eigenvalue weighted by Crippen LogP contribution is -2.33. The molecule has 196 valence electrons. The van der Waals surface area contributed by atoms with Crippen molar-refractivity contribution in [2.24, 2.45) is 0 Å². The molecule has 1 aliphatic heterocycles. The fraction of sp³-hybridized carbons (Fsp3) is 0.406. The standard InChI is InChI=1S/C32H39NO3S/c1-6-25-18-27(26-13-11-22(3)12-14-26)19-28-31(25)33(21-32(28)15-9-8-10-16-32)37-24(5)17-23(4)29(7-2)36-20-30(34)35/h7,11-14,17-19H,2,6,8-10,15-16,20-21H2,1,3-5H3,(H,34,35)/b24-17+,29-23+. The van der Waals surface area contributed by atoms with Gasteiger partial charge in [0.15, 0.2) is 6.61 Å². The molecule has 2 aliphatic rings. The number of allylic oxidation sites excluding steroid dienone is 4. The highest BCUT2D eigenvalue weighted by Gasteiger charge is 2.44. The van der Waals surface area contributed by atoms with Crippen LogP contribution in [0.4, 0.5) is 5.69 Å². The van der Waals surface area contributed by atoms with E-state index in [1.54, 1.807) is 18.0 Å². The van der Waals surface area contributed by atoms with Gasteiger partial charge in [-0.15, -0.1) is 0 Å². The number of rotatable bonds is 9. The van der Waals surface area contributed by atoms with E-state index in [4.69, 9.17) is 9.84 Å². The summed E-state index contributed by atoms with van der Waals surface area (Å²) in [5, 5.41) is 8.97. The lowest BCUT2D eigenvalue weighted by molar-refractivity contribution is -0.140. The Balaban J connectivity index is 1.71. The summed E-state index contributed by atoms with van der Waals surface area (Å²) < 4.78 is 7.94. The fourth-order valence-corrected chi connectivity index (χ4v) is 6.99. The van der Waals surface area contributed by atoms with Gasteiger partial charge in [-0.1, -0.05) is 62.6 Å². The number of hydrogen-bond acceptors (Lipinski definition) is 4. The quantitative estimate of drug-likeness (QED) is 0.206. The van der Waals surface area contributed by atoms with E-state index < -0.39 is 5.97 Å². The number of ether oxygens (including phenoxy) is 1. The van der Waals surface area contributed by atoms with Gasteiger partial charge in [0.1, 0.15) is 5.76 Å². The molecule has 0 amide bonds. The third-order valence-electron chi connectivity index (χ3n) is 7.63. The highest BCUT2D eigenvalue weighted by molar-refractivity contribution is 8.04. The second-order valence-electron chi connectivity index (χ2n) is 10.4. The van der Waals surface area contributed by atoms with Crippen LogP contribution in [-0.2, 0) is 21.4 Å². The summed E-state index contributed by atoms with van der Waals surface area (Å²) in [6, 6.07) is 13.8. The van der Waals surface area contributed by atoms with Gasteiger partial charge in [0.25, 0.3) is 0 Å².